The molecule has 158 valence electrons. The number of nitrogens with zero attached hydrogens (tertiary/aromatic N) is 1. The van der Waals surface area contributed by atoms with E-state index in [0.717, 1.165) is 26.6 Å². The smallest absolute Gasteiger partial charge is 0.341 e. The van der Waals surface area contributed by atoms with Gasteiger partial charge in [-0.15, -0.1) is 11.3 Å². The number of ether oxygens (including phenoxy) is 1. The minimum absolute atomic E-state index is 0.222. The normalized spacial score (nSPS) is 11.2. The van der Waals surface area contributed by atoms with Gasteiger partial charge in [-0.3, -0.25) is 9.10 Å². The zero-order valence-corrected chi connectivity index (χ0v) is 18.9. The van der Waals surface area contributed by atoms with E-state index < -0.39 is 28.4 Å². The van der Waals surface area contributed by atoms with E-state index in [9.17, 15) is 18.0 Å². The van der Waals surface area contributed by atoms with Crippen molar-refractivity contribution in [1.29, 1.82) is 0 Å². The molecule has 0 radical (unpaired) electrons. The second kappa shape index (κ2) is 9.41. The third kappa shape index (κ3) is 5.36. The first-order chi connectivity index (χ1) is 13.6. The van der Waals surface area contributed by atoms with Gasteiger partial charge in [0, 0.05) is 4.88 Å². The quantitative estimate of drug-likeness (QED) is 0.637. The predicted octanol–water partition coefficient (Wildman–Crippen LogP) is 3.51. The van der Waals surface area contributed by atoms with Gasteiger partial charge in [0.1, 0.15) is 11.5 Å². The van der Waals surface area contributed by atoms with E-state index in [-0.39, 0.29) is 6.61 Å². The van der Waals surface area contributed by atoms with Crippen LogP contribution in [-0.2, 0) is 26.0 Å². The van der Waals surface area contributed by atoms with E-state index in [2.05, 4.69) is 5.32 Å². The predicted molar refractivity (Wildman–Crippen MR) is 116 cm³/mol. The lowest BCUT2D eigenvalue weighted by molar-refractivity contribution is -0.114. The average molecular weight is 439 g/mol. The molecule has 9 heteroatoms. The van der Waals surface area contributed by atoms with Crippen LogP contribution in [0.3, 0.4) is 0 Å². The maximum atomic E-state index is 12.7. The van der Waals surface area contributed by atoms with Crippen LogP contribution in [-0.4, -0.2) is 39.7 Å². The molecule has 0 aliphatic carbocycles. The third-order valence-electron chi connectivity index (χ3n) is 4.37. The van der Waals surface area contributed by atoms with Crippen LogP contribution in [0.2, 0.25) is 0 Å². The number of hydrogen-bond donors (Lipinski definition) is 1. The molecule has 0 bridgehead atoms. The molecule has 0 aliphatic rings. The lowest BCUT2D eigenvalue weighted by atomic mass is 10.1. The Kier molecular flexibility index (Phi) is 7.43. The van der Waals surface area contributed by atoms with E-state index >= 15 is 0 Å². The van der Waals surface area contributed by atoms with Gasteiger partial charge in [-0.25, -0.2) is 13.2 Å². The second-order valence-electron chi connectivity index (χ2n) is 6.52. The maximum Gasteiger partial charge on any atom is 0.341 e. The Hall–Kier alpha value is -2.39. The van der Waals surface area contributed by atoms with Gasteiger partial charge in [-0.2, -0.15) is 0 Å². The number of esters is 1. The molecule has 1 aromatic carbocycles. The van der Waals surface area contributed by atoms with Gasteiger partial charge in [0.2, 0.25) is 15.9 Å². The van der Waals surface area contributed by atoms with Gasteiger partial charge < -0.3 is 10.1 Å². The van der Waals surface area contributed by atoms with Gasteiger partial charge in [-0.05, 0) is 44.4 Å². The molecule has 2 rings (SSSR count). The van der Waals surface area contributed by atoms with Crippen molar-refractivity contribution in [3.63, 3.8) is 0 Å². The lowest BCUT2D eigenvalue weighted by Crippen LogP contribution is -2.38. The van der Waals surface area contributed by atoms with Crippen molar-refractivity contribution in [2.45, 2.75) is 34.1 Å². The Balaban J connectivity index is 2.34. The second-order valence-corrected chi connectivity index (χ2v) is 9.65. The Labute approximate surface area is 175 Å². The first-order valence-electron chi connectivity index (χ1n) is 9.22. The number of rotatable bonds is 8. The molecule has 1 heterocycles. The molecule has 1 N–H and O–H groups in total. The molecular weight excluding hydrogens is 412 g/mol. The van der Waals surface area contributed by atoms with Crippen LogP contribution >= 0.6 is 11.3 Å². The molecule has 0 spiro atoms. The number of carbonyl (C=O) groups excluding carboxylic acids is 2. The topological polar surface area (TPSA) is 92.8 Å². The standard InChI is InChI=1S/C20H26N2O5S2/c1-6-15-14(4)28-19(18(15)20(24)27-7-2)21-17(23)12-22(29(5,25)26)16-11-9-8-10-13(16)3/h8-11H,6-7,12H2,1-5H3,(H,21,23). The highest BCUT2D eigenvalue weighted by Crippen LogP contribution is 2.34. The fraction of sp³-hybridized carbons (Fsp3) is 0.400. The van der Waals surface area contributed by atoms with Gasteiger partial charge in [0.25, 0.3) is 0 Å². The number of amides is 1. The number of benzene rings is 1. The summed E-state index contributed by atoms with van der Waals surface area (Å²) in [4.78, 5) is 26.1. The molecule has 0 atom stereocenters. The lowest BCUT2D eigenvalue weighted by Gasteiger charge is -2.23. The molecule has 0 aliphatic heterocycles. The largest absolute Gasteiger partial charge is 0.462 e. The number of nitrogens with one attached hydrogen (secondary N) is 1. The molecule has 2 aromatic rings. The third-order valence-corrected chi connectivity index (χ3v) is 6.56. The maximum absolute atomic E-state index is 12.7. The molecule has 0 unspecified atom stereocenters. The van der Waals surface area contributed by atoms with Gasteiger partial charge in [-0.1, -0.05) is 25.1 Å². The number of carbonyl (C=O) groups is 2. The number of aryl methyl sites for hydroxylation is 2. The Bertz CT molecular complexity index is 1010. The fourth-order valence-electron chi connectivity index (χ4n) is 3.03. The van der Waals surface area contributed by atoms with Crippen molar-refractivity contribution in [2.75, 3.05) is 29.0 Å². The Morgan fingerprint density at radius 2 is 1.83 bits per heavy atom. The van der Waals surface area contributed by atoms with Gasteiger partial charge >= 0.3 is 5.97 Å². The van der Waals surface area contributed by atoms with Crippen molar-refractivity contribution >= 4 is 43.9 Å². The number of sulfonamides is 1. The van der Waals surface area contributed by atoms with E-state index in [0.29, 0.717) is 22.7 Å². The van der Waals surface area contributed by atoms with Gasteiger partial charge in [0.05, 0.1) is 24.1 Å². The molecule has 0 saturated carbocycles. The van der Waals surface area contributed by atoms with Crippen molar-refractivity contribution < 1.29 is 22.7 Å². The number of para-hydroxylation sites is 1. The molecule has 1 aromatic heterocycles. The number of thiophene rings is 1. The number of hydrogen-bond acceptors (Lipinski definition) is 6. The summed E-state index contributed by atoms with van der Waals surface area (Å²) in [7, 11) is -3.69. The molecule has 0 fully saturated rings. The van der Waals surface area contributed by atoms with Gasteiger partial charge in [0.15, 0.2) is 0 Å². The summed E-state index contributed by atoms with van der Waals surface area (Å²) < 4.78 is 30.8. The van der Waals surface area contributed by atoms with E-state index in [1.165, 1.54) is 11.3 Å². The summed E-state index contributed by atoms with van der Waals surface area (Å²) in [5.74, 6) is -1.03. The van der Waals surface area contributed by atoms with E-state index in [4.69, 9.17) is 4.74 Å². The summed E-state index contributed by atoms with van der Waals surface area (Å²) in [5.41, 5.74) is 2.33. The van der Waals surface area contributed by atoms with Crippen LogP contribution in [0.1, 0.15) is 40.2 Å². The van der Waals surface area contributed by atoms with Crippen LogP contribution in [0.4, 0.5) is 10.7 Å². The Morgan fingerprint density at radius 3 is 2.38 bits per heavy atom. The SMILES string of the molecule is CCOC(=O)c1c(NC(=O)CN(c2ccccc2C)S(C)(=O)=O)sc(C)c1CC. The van der Waals surface area contributed by atoms with E-state index in [1.54, 1.807) is 38.1 Å². The summed E-state index contributed by atoms with van der Waals surface area (Å²) in [6.45, 7) is 7.11. The first-order valence-corrected chi connectivity index (χ1v) is 11.9. The highest BCUT2D eigenvalue weighted by molar-refractivity contribution is 7.92. The zero-order chi connectivity index (χ0) is 21.8. The summed E-state index contributed by atoms with van der Waals surface area (Å²) in [6.07, 6.45) is 1.67. The fourth-order valence-corrected chi connectivity index (χ4v) is 5.10. The van der Waals surface area contributed by atoms with Crippen molar-refractivity contribution in [3.8, 4) is 0 Å². The van der Waals surface area contributed by atoms with E-state index in [1.807, 2.05) is 13.8 Å². The molecule has 7 nitrogen and oxygen atoms in total. The summed E-state index contributed by atoms with van der Waals surface area (Å²) in [5, 5.41) is 3.09. The minimum Gasteiger partial charge on any atom is -0.462 e. The van der Waals surface area contributed by atoms with Crippen LogP contribution in [0, 0.1) is 13.8 Å². The van der Waals surface area contributed by atoms with Crippen LogP contribution in [0.25, 0.3) is 0 Å². The Morgan fingerprint density at radius 1 is 1.17 bits per heavy atom. The minimum atomic E-state index is -3.69. The number of anilines is 2. The van der Waals surface area contributed by atoms with Crippen molar-refractivity contribution in [1.82, 2.24) is 0 Å². The zero-order valence-electron chi connectivity index (χ0n) is 17.2. The van der Waals surface area contributed by atoms with Crippen LogP contribution in [0.5, 0.6) is 0 Å². The molecule has 1 amide bonds. The van der Waals surface area contributed by atoms with Crippen molar-refractivity contribution in [2.24, 2.45) is 0 Å². The highest BCUT2D eigenvalue weighted by Gasteiger charge is 2.26. The monoisotopic (exact) mass is 438 g/mol. The summed E-state index contributed by atoms with van der Waals surface area (Å²) in [6, 6.07) is 6.94. The molecule has 29 heavy (non-hydrogen) atoms. The highest BCUT2D eigenvalue weighted by atomic mass is 32.2. The molecule has 0 saturated heterocycles. The summed E-state index contributed by atoms with van der Waals surface area (Å²) >= 11 is 1.28. The van der Waals surface area contributed by atoms with Crippen molar-refractivity contribution in [3.05, 3.63) is 45.8 Å². The average Bonchev–Trinajstić information content (AvgIpc) is 2.94. The van der Waals surface area contributed by atoms with Crippen LogP contribution in [0.15, 0.2) is 24.3 Å². The first kappa shape index (κ1) is 22.9. The van der Waals surface area contributed by atoms with Crippen LogP contribution < -0.4 is 9.62 Å². The molecular formula is C20H26N2O5S2.